The Hall–Kier alpha value is -0.820. The maximum atomic E-state index is 12.9. The van der Waals surface area contributed by atoms with E-state index in [2.05, 4.69) is 0 Å². The molecule has 7 heteroatoms. The van der Waals surface area contributed by atoms with E-state index in [4.69, 9.17) is 4.74 Å². The van der Waals surface area contributed by atoms with Gasteiger partial charge in [-0.3, -0.25) is 4.79 Å². The molecular formula is C15H27F3O4. The van der Waals surface area contributed by atoms with Crippen LogP contribution in [0.25, 0.3) is 0 Å². The van der Waals surface area contributed by atoms with Gasteiger partial charge in [0.2, 0.25) is 0 Å². The third kappa shape index (κ3) is 5.12. The first-order valence-corrected chi connectivity index (χ1v) is 7.35. The number of alkyl halides is 3. The van der Waals surface area contributed by atoms with E-state index < -0.39 is 35.4 Å². The second kappa shape index (κ2) is 7.17. The lowest BCUT2D eigenvalue weighted by atomic mass is 9.88. The lowest BCUT2D eigenvalue weighted by Gasteiger charge is -2.37. The number of hydrogen-bond acceptors (Lipinski definition) is 4. The minimum absolute atomic E-state index is 0.0128. The minimum atomic E-state index is -5.03. The molecule has 132 valence electrons. The van der Waals surface area contributed by atoms with Gasteiger partial charge in [-0.2, -0.15) is 13.2 Å². The molecule has 0 aliphatic rings. The maximum absolute atomic E-state index is 12.9. The van der Waals surface area contributed by atoms with Gasteiger partial charge in [0.25, 0.3) is 0 Å². The summed E-state index contributed by atoms with van der Waals surface area (Å²) in [6, 6.07) is 0. The van der Waals surface area contributed by atoms with Gasteiger partial charge in [-0.15, -0.1) is 0 Å². The zero-order valence-corrected chi connectivity index (χ0v) is 14.0. The van der Waals surface area contributed by atoms with Crippen molar-refractivity contribution in [3.8, 4) is 0 Å². The van der Waals surface area contributed by atoms with E-state index in [0.717, 1.165) is 0 Å². The van der Waals surface area contributed by atoms with Crippen molar-refractivity contribution >= 4 is 5.97 Å². The van der Waals surface area contributed by atoms with E-state index in [0.29, 0.717) is 13.3 Å². The third-order valence-electron chi connectivity index (χ3n) is 3.90. The van der Waals surface area contributed by atoms with Crippen molar-refractivity contribution in [2.24, 2.45) is 11.3 Å². The SMILES string of the molecule is CCC(C)(C)C(=O)OC(CC(C)C)C(O)C(C)(O)C(F)(F)F. The summed E-state index contributed by atoms with van der Waals surface area (Å²) in [5, 5.41) is 19.6. The highest BCUT2D eigenvalue weighted by Gasteiger charge is 2.57. The zero-order chi connectivity index (χ0) is 17.9. The average molecular weight is 328 g/mol. The molecule has 0 amide bonds. The molecule has 22 heavy (non-hydrogen) atoms. The summed E-state index contributed by atoms with van der Waals surface area (Å²) in [6.07, 6.45) is -8.28. The van der Waals surface area contributed by atoms with Crippen LogP contribution in [0.3, 0.4) is 0 Å². The van der Waals surface area contributed by atoms with Crippen molar-refractivity contribution in [1.29, 1.82) is 0 Å². The number of aliphatic hydroxyl groups excluding tert-OH is 1. The van der Waals surface area contributed by atoms with Gasteiger partial charge >= 0.3 is 12.1 Å². The Morgan fingerprint density at radius 3 is 1.95 bits per heavy atom. The third-order valence-corrected chi connectivity index (χ3v) is 3.90. The van der Waals surface area contributed by atoms with Crippen LogP contribution < -0.4 is 0 Å². The van der Waals surface area contributed by atoms with Crippen molar-refractivity contribution in [1.82, 2.24) is 0 Å². The zero-order valence-electron chi connectivity index (χ0n) is 14.0. The van der Waals surface area contributed by atoms with Gasteiger partial charge in [0.1, 0.15) is 12.2 Å². The Kier molecular flexibility index (Phi) is 6.90. The van der Waals surface area contributed by atoms with Crippen LogP contribution in [-0.2, 0) is 9.53 Å². The fourth-order valence-corrected chi connectivity index (χ4v) is 1.68. The molecule has 0 spiro atoms. The number of carbonyl (C=O) groups is 1. The van der Waals surface area contributed by atoms with E-state index in [-0.39, 0.29) is 12.3 Å². The standard InChI is InChI=1S/C15H27F3O4/c1-7-13(4,5)12(20)22-10(8-9(2)3)11(19)14(6,21)15(16,17)18/h9-11,19,21H,7-8H2,1-6H3. The molecule has 0 saturated carbocycles. The molecule has 3 unspecified atom stereocenters. The lowest BCUT2D eigenvalue weighted by molar-refractivity contribution is -0.295. The van der Waals surface area contributed by atoms with E-state index in [1.807, 2.05) is 0 Å². The highest BCUT2D eigenvalue weighted by Crippen LogP contribution is 2.36. The van der Waals surface area contributed by atoms with Gasteiger partial charge < -0.3 is 14.9 Å². The first-order chi connectivity index (χ1) is 9.66. The van der Waals surface area contributed by atoms with Gasteiger partial charge in [0.15, 0.2) is 5.60 Å². The van der Waals surface area contributed by atoms with Gasteiger partial charge in [0.05, 0.1) is 5.41 Å². The molecule has 3 atom stereocenters. The van der Waals surface area contributed by atoms with Crippen LogP contribution in [0.4, 0.5) is 13.2 Å². The van der Waals surface area contributed by atoms with Crippen LogP contribution in [-0.4, -0.2) is 40.2 Å². The van der Waals surface area contributed by atoms with Crippen LogP contribution in [0.15, 0.2) is 0 Å². The number of hydrogen-bond donors (Lipinski definition) is 2. The molecule has 0 aromatic rings. The fraction of sp³-hybridized carbons (Fsp3) is 0.933. The Balaban J connectivity index is 5.35. The topological polar surface area (TPSA) is 66.8 Å². The Bertz CT molecular complexity index is 375. The number of rotatable bonds is 7. The normalized spacial score (nSPS) is 18.7. The van der Waals surface area contributed by atoms with Crippen LogP contribution in [0, 0.1) is 11.3 Å². The molecule has 0 heterocycles. The maximum Gasteiger partial charge on any atom is 0.419 e. The van der Waals surface area contributed by atoms with Crippen molar-refractivity contribution in [3.63, 3.8) is 0 Å². The number of aliphatic hydroxyl groups is 2. The largest absolute Gasteiger partial charge is 0.459 e. The monoisotopic (exact) mass is 328 g/mol. The van der Waals surface area contributed by atoms with Gasteiger partial charge in [-0.05, 0) is 39.5 Å². The highest BCUT2D eigenvalue weighted by atomic mass is 19.4. The van der Waals surface area contributed by atoms with Crippen LogP contribution in [0.2, 0.25) is 0 Å². The quantitative estimate of drug-likeness (QED) is 0.705. The molecule has 0 aromatic carbocycles. The predicted octanol–water partition coefficient (Wildman–Crippen LogP) is 3.05. The van der Waals surface area contributed by atoms with E-state index >= 15 is 0 Å². The van der Waals surface area contributed by atoms with Crippen molar-refractivity contribution in [3.05, 3.63) is 0 Å². The van der Waals surface area contributed by atoms with Crippen LogP contribution in [0.1, 0.15) is 54.4 Å². The molecule has 0 fully saturated rings. The number of halogens is 3. The van der Waals surface area contributed by atoms with Crippen molar-refractivity contribution in [2.45, 2.75) is 78.4 Å². The molecular weight excluding hydrogens is 301 g/mol. The Labute approximate surface area is 129 Å². The molecule has 0 saturated heterocycles. The number of ether oxygens (including phenoxy) is 1. The molecule has 0 radical (unpaired) electrons. The van der Waals surface area contributed by atoms with Crippen LogP contribution in [0.5, 0.6) is 0 Å². The molecule has 0 aliphatic heterocycles. The smallest absolute Gasteiger partial charge is 0.419 e. The van der Waals surface area contributed by atoms with E-state index in [1.54, 1.807) is 34.6 Å². The summed E-state index contributed by atoms with van der Waals surface area (Å²) in [5.41, 5.74) is -4.23. The van der Waals surface area contributed by atoms with E-state index in [9.17, 15) is 28.2 Å². The molecule has 0 bridgehead atoms. The van der Waals surface area contributed by atoms with Crippen molar-refractivity contribution in [2.75, 3.05) is 0 Å². The summed E-state index contributed by atoms with van der Waals surface area (Å²) in [5.74, 6) is -0.820. The number of esters is 1. The van der Waals surface area contributed by atoms with E-state index in [1.165, 1.54) is 0 Å². The summed E-state index contributed by atoms with van der Waals surface area (Å²) in [6.45, 7) is 8.89. The second-order valence-corrected chi connectivity index (χ2v) is 6.90. The first-order valence-electron chi connectivity index (χ1n) is 7.35. The summed E-state index contributed by atoms with van der Waals surface area (Å²) in [4.78, 5) is 12.1. The molecule has 2 N–H and O–H groups in total. The Morgan fingerprint density at radius 1 is 1.18 bits per heavy atom. The molecule has 0 aliphatic carbocycles. The molecule has 4 nitrogen and oxygen atoms in total. The van der Waals surface area contributed by atoms with Gasteiger partial charge in [0, 0.05) is 0 Å². The van der Waals surface area contributed by atoms with Crippen molar-refractivity contribution < 1.29 is 32.9 Å². The van der Waals surface area contributed by atoms with Gasteiger partial charge in [-0.1, -0.05) is 20.8 Å². The summed E-state index contributed by atoms with van der Waals surface area (Å²) < 4.78 is 43.7. The second-order valence-electron chi connectivity index (χ2n) is 6.90. The average Bonchev–Trinajstić information content (AvgIpc) is 2.34. The summed E-state index contributed by atoms with van der Waals surface area (Å²) in [7, 11) is 0. The minimum Gasteiger partial charge on any atom is -0.459 e. The summed E-state index contributed by atoms with van der Waals surface area (Å²) >= 11 is 0. The highest BCUT2D eigenvalue weighted by molar-refractivity contribution is 5.76. The Morgan fingerprint density at radius 2 is 1.64 bits per heavy atom. The van der Waals surface area contributed by atoms with Gasteiger partial charge in [-0.25, -0.2) is 0 Å². The first kappa shape index (κ1) is 21.2. The molecule has 0 rings (SSSR count). The van der Waals surface area contributed by atoms with Crippen LogP contribution >= 0.6 is 0 Å². The number of carbonyl (C=O) groups excluding carboxylic acids is 1. The lowest BCUT2D eigenvalue weighted by Crippen LogP contribution is -2.58. The molecule has 0 aromatic heterocycles. The fourth-order valence-electron chi connectivity index (χ4n) is 1.68. The predicted molar refractivity (Wildman–Crippen MR) is 76.1 cm³/mol.